The third-order valence-electron chi connectivity index (χ3n) is 7.87. The number of carbonyl (C=O) groups excluding carboxylic acids is 2. The first-order valence-corrected chi connectivity index (χ1v) is 14.7. The number of aromatic nitrogens is 2. The Morgan fingerprint density at radius 2 is 1.78 bits per heavy atom. The molecule has 0 N–H and O–H groups in total. The fraction of sp³-hybridized carbons (Fsp3) is 0.281. The summed E-state index contributed by atoms with van der Waals surface area (Å²) in [4.78, 5) is 39.0. The third kappa shape index (κ3) is 5.30. The highest BCUT2D eigenvalue weighted by molar-refractivity contribution is 7.20. The van der Waals surface area contributed by atoms with E-state index in [1.807, 2.05) is 77.2 Å². The molecule has 5 aromatic rings. The van der Waals surface area contributed by atoms with Gasteiger partial charge < -0.3 is 24.0 Å². The van der Waals surface area contributed by atoms with Crippen molar-refractivity contribution in [2.24, 2.45) is 7.05 Å². The minimum absolute atomic E-state index is 0.0764. The van der Waals surface area contributed by atoms with Gasteiger partial charge in [0.15, 0.2) is 0 Å². The van der Waals surface area contributed by atoms with Crippen molar-refractivity contribution in [3.05, 3.63) is 89.1 Å². The van der Waals surface area contributed by atoms with Gasteiger partial charge in [-0.25, -0.2) is 4.98 Å². The molecule has 3 heterocycles. The number of thiophene rings is 1. The van der Waals surface area contributed by atoms with E-state index in [0.717, 1.165) is 70.2 Å². The average molecular weight is 568 g/mol. The molecule has 1 aliphatic heterocycles. The molecule has 1 fully saturated rings. The Balaban J connectivity index is 1.35. The summed E-state index contributed by atoms with van der Waals surface area (Å²) in [6, 6.07) is 23.1. The molecule has 0 saturated carbocycles. The van der Waals surface area contributed by atoms with Gasteiger partial charge in [0.25, 0.3) is 11.8 Å². The zero-order chi connectivity index (χ0) is 28.5. The SMILES string of the molecule is CCN1CCN(C(=O)c2cc3cc(N(Cc4nc5ccccc5n4C)C(=O)c4cccc(OC)c4)ccc3s2)CC1. The summed E-state index contributed by atoms with van der Waals surface area (Å²) in [7, 11) is 3.56. The fourth-order valence-corrected chi connectivity index (χ4v) is 6.41. The maximum absolute atomic E-state index is 14.0. The lowest BCUT2D eigenvalue weighted by atomic mass is 10.1. The molecule has 2 aromatic heterocycles. The first kappa shape index (κ1) is 27.0. The summed E-state index contributed by atoms with van der Waals surface area (Å²) in [6.45, 7) is 6.73. The Hall–Kier alpha value is -4.21. The zero-order valence-electron chi connectivity index (χ0n) is 23.5. The second-order valence-electron chi connectivity index (χ2n) is 10.3. The summed E-state index contributed by atoms with van der Waals surface area (Å²) >= 11 is 1.50. The van der Waals surface area contributed by atoms with Gasteiger partial charge in [-0.3, -0.25) is 9.59 Å². The molecule has 8 nitrogen and oxygen atoms in total. The molecule has 0 bridgehead atoms. The highest BCUT2D eigenvalue weighted by atomic mass is 32.1. The minimum atomic E-state index is -0.157. The van der Waals surface area contributed by atoms with Crippen molar-refractivity contribution in [2.45, 2.75) is 13.5 Å². The minimum Gasteiger partial charge on any atom is -0.497 e. The number of carbonyl (C=O) groups is 2. The number of aryl methyl sites for hydroxylation is 1. The van der Waals surface area contributed by atoms with Crippen molar-refractivity contribution in [2.75, 3.05) is 44.7 Å². The van der Waals surface area contributed by atoms with Crippen LogP contribution in [-0.4, -0.2) is 71.0 Å². The van der Waals surface area contributed by atoms with Crippen molar-refractivity contribution in [3.8, 4) is 5.75 Å². The quantitative estimate of drug-likeness (QED) is 0.263. The molecule has 0 unspecified atom stereocenters. The van der Waals surface area contributed by atoms with Gasteiger partial charge in [-0.2, -0.15) is 0 Å². The number of fused-ring (bicyclic) bond motifs is 2. The van der Waals surface area contributed by atoms with Crippen LogP contribution in [0.2, 0.25) is 0 Å². The highest BCUT2D eigenvalue weighted by Gasteiger charge is 2.25. The first-order chi connectivity index (χ1) is 19.9. The van der Waals surface area contributed by atoms with E-state index in [4.69, 9.17) is 9.72 Å². The number of anilines is 1. The van der Waals surface area contributed by atoms with Crippen molar-refractivity contribution >= 4 is 50.0 Å². The number of amides is 2. The Kier molecular flexibility index (Phi) is 7.47. The molecule has 3 aromatic carbocycles. The predicted octanol–water partition coefficient (Wildman–Crippen LogP) is 5.42. The van der Waals surface area contributed by atoms with Crippen LogP contribution in [0.4, 0.5) is 5.69 Å². The van der Waals surface area contributed by atoms with E-state index in [1.54, 1.807) is 24.1 Å². The molecular weight excluding hydrogens is 534 g/mol. The van der Waals surface area contributed by atoms with E-state index in [2.05, 4.69) is 11.8 Å². The number of ether oxygens (including phenoxy) is 1. The van der Waals surface area contributed by atoms with Crippen LogP contribution in [0, 0.1) is 0 Å². The van der Waals surface area contributed by atoms with Gasteiger partial charge in [-0.1, -0.05) is 25.1 Å². The molecule has 9 heteroatoms. The van der Waals surface area contributed by atoms with E-state index in [9.17, 15) is 9.59 Å². The molecule has 0 spiro atoms. The number of likely N-dealkylation sites (N-methyl/N-ethyl adjacent to an activating group) is 1. The maximum atomic E-state index is 14.0. The van der Waals surface area contributed by atoms with Crippen LogP contribution < -0.4 is 9.64 Å². The number of nitrogens with zero attached hydrogens (tertiary/aromatic N) is 5. The van der Waals surface area contributed by atoms with E-state index < -0.39 is 0 Å². The number of para-hydroxylation sites is 2. The van der Waals surface area contributed by atoms with E-state index >= 15 is 0 Å². The average Bonchev–Trinajstić information content (AvgIpc) is 3.59. The summed E-state index contributed by atoms with van der Waals surface area (Å²) in [5.41, 5.74) is 3.16. The zero-order valence-corrected chi connectivity index (χ0v) is 24.4. The summed E-state index contributed by atoms with van der Waals surface area (Å²) in [5, 5.41) is 0.941. The van der Waals surface area contributed by atoms with Gasteiger partial charge in [0.05, 0.1) is 29.6 Å². The van der Waals surface area contributed by atoms with Gasteiger partial charge in [0, 0.05) is 49.2 Å². The Morgan fingerprint density at radius 3 is 2.54 bits per heavy atom. The molecular formula is C32H33N5O3S. The largest absolute Gasteiger partial charge is 0.497 e. The number of benzene rings is 3. The van der Waals surface area contributed by atoms with Gasteiger partial charge in [0.2, 0.25) is 0 Å². The number of hydrogen-bond acceptors (Lipinski definition) is 6. The maximum Gasteiger partial charge on any atom is 0.264 e. The van der Waals surface area contributed by atoms with Crippen LogP contribution in [0.5, 0.6) is 5.75 Å². The third-order valence-corrected chi connectivity index (χ3v) is 8.97. The Bertz CT molecular complexity index is 1730. The second-order valence-corrected chi connectivity index (χ2v) is 11.3. The molecule has 0 atom stereocenters. The normalized spacial score (nSPS) is 14.1. The van der Waals surface area contributed by atoms with Crippen molar-refractivity contribution in [3.63, 3.8) is 0 Å². The topological polar surface area (TPSA) is 70.9 Å². The summed E-state index contributed by atoms with van der Waals surface area (Å²) in [5.74, 6) is 1.31. The molecule has 2 amide bonds. The standard InChI is InChI=1S/C32H33N5O3S/c1-4-35-14-16-36(17-15-35)32(39)29-20-23-18-24(12-13-28(23)41-29)37(31(38)22-8-7-9-25(19-22)40-3)21-30-33-26-10-5-6-11-27(26)34(30)2/h5-13,18-20H,4,14-17,21H2,1-3H3. The monoisotopic (exact) mass is 567 g/mol. The molecule has 0 radical (unpaired) electrons. The van der Waals surface area contributed by atoms with Crippen LogP contribution in [0.3, 0.4) is 0 Å². The van der Waals surface area contributed by atoms with E-state index in [1.165, 1.54) is 11.3 Å². The number of methoxy groups -OCH3 is 1. The van der Waals surface area contributed by atoms with Crippen LogP contribution in [0.1, 0.15) is 32.8 Å². The molecule has 210 valence electrons. The molecule has 41 heavy (non-hydrogen) atoms. The van der Waals surface area contributed by atoms with Crippen LogP contribution in [-0.2, 0) is 13.6 Å². The second kappa shape index (κ2) is 11.3. The Morgan fingerprint density at radius 1 is 0.976 bits per heavy atom. The lowest BCUT2D eigenvalue weighted by molar-refractivity contribution is 0.0648. The van der Waals surface area contributed by atoms with E-state index in [-0.39, 0.29) is 18.4 Å². The highest BCUT2D eigenvalue weighted by Crippen LogP contribution is 2.32. The molecule has 1 saturated heterocycles. The number of piperazine rings is 1. The number of hydrogen-bond donors (Lipinski definition) is 0. The van der Waals surface area contributed by atoms with Gasteiger partial charge in [-0.05, 0) is 66.5 Å². The summed E-state index contributed by atoms with van der Waals surface area (Å²) < 4.78 is 8.43. The van der Waals surface area contributed by atoms with Crippen LogP contribution >= 0.6 is 11.3 Å². The van der Waals surface area contributed by atoms with Crippen LogP contribution in [0.15, 0.2) is 72.8 Å². The van der Waals surface area contributed by atoms with Gasteiger partial charge >= 0.3 is 0 Å². The van der Waals surface area contributed by atoms with Crippen molar-refractivity contribution in [1.82, 2.24) is 19.4 Å². The molecule has 6 rings (SSSR count). The summed E-state index contributed by atoms with van der Waals surface area (Å²) in [6.07, 6.45) is 0. The number of imidazole rings is 1. The van der Waals surface area contributed by atoms with Crippen molar-refractivity contribution < 1.29 is 14.3 Å². The molecule has 0 aliphatic carbocycles. The van der Waals surface area contributed by atoms with Gasteiger partial charge in [0.1, 0.15) is 11.6 Å². The van der Waals surface area contributed by atoms with Crippen molar-refractivity contribution in [1.29, 1.82) is 0 Å². The van der Waals surface area contributed by atoms with Gasteiger partial charge in [-0.15, -0.1) is 11.3 Å². The lowest BCUT2D eigenvalue weighted by Crippen LogP contribution is -2.48. The first-order valence-electron chi connectivity index (χ1n) is 13.9. The predicted molar refractivity (Wildman–Crippen MR) is 164 cm³/mol. The van der Waals surface area contributed by atoms with E-state index in [0.29, 0.717) is 11.3 Å². The molecule has 1 aliphatic rings. The van der Waals surface area contributed by atoms with Crippen LogP contribution in [0.25, 0.3) is 21.1 Å². The smallest absolute Gasteiger partial charge is 0.264 e. The number of rotatable bonds is 7. The Labute approximate surface area is 243 Å². The lowest BCUT2D eigenvalue weighted by Gasteiger charge is -2.33. The fourth-order valence-electron chi connectivity index (χ4n) is 5.40.